The maximum Gasteiger partial charge on any atom is 0.243 e. The number of amides is 1. The number of rotatable bonds is 4. The number of hydrogen-bond donors (Lipinski definition) is 0. The summed E-state index contributed by atoms with van der Waals surface area (Å²) < 4.78 is 33.2. The lowest BCUT2D eigenvalue weighted by Gasteiger charge is -2.36. The van der Waals surface area contributed by atoms with E-state index < -0.39 is 10.0 Å². The van der Waals surface area contributed by atoms with Crippen molar-refractivity contribution < 1.29 is 17.6 Å². The third-order valence-electron chi connectivity index (χ3n) is 6.89. The number of hydrogen-bond acceptors (Lipinski definition) is 6. The van der Waals surface area contributed by atoms with Crippen LogP contribution in [-0.2, 0) is 14.8 Å². The molecule has 0 radical (unpaired) electrons. The van der Waals surface area contributed by atoms with E-state index in [4.69, 9.17) is 9.68 Å². The second kappa shape index (κ2) is 9.20. The van der Waals surface area contributed by atoms with Gasteiger partial charge >= 0.3 is 0 Å². The highest BCUT2D eigenvalue weighted by atomic mass is 32.2. The third-order valence-corrected chi connectivity index (χ3v) is 8.80. The van der Waals surface area contributed by atoms with Crippen LogP contribution in [0, 0.1) is 17.2 Å². The van der Waals surface area contributed by atoms with Crippen LogP contribution >= 0.6 is 0 Å². The summed E-state index contributed by atoms with van der Waals surface area (Å²) in [6.45, 7) is 1.95. The maximum absolute atomic E-state index is 13.1. The van der Waals surface area contributed by atoms with E-state index in [1.807, 2.05) is 35.2 Å². The molecule has 0 saturated carbocycles. The Morgan fingerprint density at radius 3 is 2.29 bits per heavy atom. The minimum absolute atomic E-state index is 0.117. The van der Waals surface area contributed by atoms with Crippen LogP contribution in [0.25, 0.3) is 11.1 Å². The van der Waals surface area contributed by atoms with Crippen LogP contribution in [0.1, 0.15) is 43.1 Å². The van der Waals surface area contributed by atoms with Gasteiger partial charge in [0.15, 0.2) is 11.5 Å². The summed E-state index contributed by atoms with van der Waals surface area (Å²) in [5.41, 5.74) is 2.07. The molecule has 0 atom stereocenters. The second-order valence-electron chi connectivity index (χ2n) is 8.93. The highest BCUT2D eigenvalue weighted by molar-refractivity contribution is 7.89. The number of sulfonamides is 1. The highest BCUT2D eigenvalue weighted by Crippen LogP contribution is 2.32. The molecule has 0 N–H and O–H groups in total. The van der Waals surface area contributed by atoms with Crippen molar-refractivity contribution >= 4 is 27.0 Å². The lowest BCUT2D eigenvalue weighted by molar-refractivity contribution is -0.137. The third kappa shape index (κ3) is 4.31. The smallest absolute Gasteiger partial charge is 0.243 e. The molecule has 1 amide bonds. The van der Waals surface area contributed by atoms with Gasteiger partial charge in [0.2, 0.25) is 15.9 Å². The van der Waals surface area contributed by atoms with E-state index in [0.717, 1.165) is 29.8 Å². The van der Waals surface area contributed by atoms with Crippen LogP contribution in [0.3, 0.4) is 0 Å². The summed E-state index contributed by atoms with van der Waals surface area (Å²) in [4.78, 5) is 19.8. The molecular formula is C25H26N4O4S. The van der Waals surface area contributed by atoms with Crippen molar-refractivity contribution in [1.29, 1.82) is 5.26 Å². The lowest BCUT2D eigenvalue weighted by atomic mass is 9.92. The summed E-state index contributed by atoms with van der Waals surface area (Å²) in [5, 5.41) is 8.92. The minimum atomic E-state index is -3.63. The summed E-state index contributed by atoms with van der Waals surface area (Å²) in [5.74, 6) is 0.908. The molecule has 2 aromatic carbocycles. The molecule has 0 unspecified atom stereocenters. The average Bonchev–Trinajstić information content (AvgIpc) is 3.33. The molecule has 2 aliphatic heterocycles. The Morgan fingerprint density at radius 2 is 1.65 bits per heavy atom. The average molecular weight is 479 g/mol. The zero-order valence-corrected chi connectivity index (χ0v) is 19.6. The number of para-hydroxylation sites is 2. The molecule has 0 bridgehead atoms. The Kier molecular flexibility index (Phi) is 6.11. The fourth-order valence-corrected chi connectivity index (χ4v) is 6.33. The van der Waals surface area contributed by atoms with Crippen LogP contribution in [-0.4, -0.2) is 54.7 Å². The van der Waals surface area contributed by atoms with Gasteiger partial charge < -0.3 is 9.32 Å². The van der Waals surface area contributed by atoms with E-state index in [1.165, 1.54) is 28.6 Å². The lowest BCUT2D eigenvalue weighted by Crippen LogP contribution is -2.46. The van der Waals surface area contributed by atoms with Crippen molar-refractivity contribution in [2.24, 2.45) is 5.92 Å². The minimum Gasteiger partial charge on any atom is -0.440 e. The molecule has 0 spiro atoms. The molecule has 2 fully saturated rings. The number of likely N-dealkylation sites (tertiary alicyclic amines) is 1. The molecule has 1 aromatic heterocycles. The van der Waals surface area contributed by atoms with Gasteiger partial charge in [-0.3, -0.25) is 4.79 Å². The molecule has 3 heterocycles. The zero-order chi connectivity index (χ0) is 23.7. The van der Waals surface area contributed by atoms with E-state index in [2.05, 4.69) is 4.98 Å². The number of aromatic nitrogens is 1. The maximum atomic E-state index is 13.1. The van der Waals surface area contributed by atoms with Crippen molar-refractivity contribution in [3.05, 3.63) is 60.0 Å². The first-order valence-electron chi connectivity index (χ1n) is 11.6. The van der Waals surface area contributed by atoms with Gasteiger partial charge in [-0.15, -0.1) is 0 Å². The molecule has 3 aromatic rings. The van der Waals surface area contributed by atoms with Gasteiger partial charge in [0.05, 0.1) is 16.5 Å². The number of carbonyl (C=O) groups is 1. The largest absolute Gasteiger partial charge is 0.440 e. The monoisotopic (exact) mass is 478 g/mol. The van der Waals surface area contributed by atoms with Gasteiger partial charge in [-0.05, 0) is 62.1 Å². The Hall–Kier alpha value is -3.22. The number of nitrogens with zero attached hydrogens (tertiary/aromatic N) is 4. The van der Waals surface area contributed by atoms with Gasteiger partial charge in [0.1, 0.15) is 5.52 Å². The first kappa shape index (κ1) is 22.6. The van der Waals surface area contributed by atoms with Crippen LogP contribution in [0.2, 0.25) is 0 Å². The molecular weight excluding hydrogens is 452 g/mol. The molecule has 2 saturated heterocycles. The predicted molar refractivity (Wildman–Crippen MR) is 125 cm³/mol. The number of benzene rings is 2. The number of oxazole rings is 1. The quantitative estimate of drug-likeness (QED) is 0.568. The van der Waals surface area contributed by atoms with E-state index in [0.29, 0.717) is 44.6 Å². The Labute approximate surface area is 198 Å². The second-order valence-corrected chi connectivity index (χ2v) is 10.9. The van der Waals surface area contributed by atoms with Crippen LogP contribution in [0.5, 0.6) is 0 Å². The van der Waals surface area contributed by atoms with E-state index in [-0.39, 0.29) is 22.6 Å². The van der Waals surface area contributed by atoms with Crippen LogP contribution < -0.4 is 0 Å². The first-order chi connectivity index (χ1) is 16.5. The summed E-state index contributed by atoms with van der Waals surface area (Å²) in [6, 6.07) is 15.7. The summed E-state index contributed by atoms with van der Waals surface area (Å²) >= 11 is 0. The molecule has 2 aliphatic rings. The number of fused-ring (bicyclic) bond motifs is 1. The SMILES string of the molecule is N#Cc1ccc(S(=O)(=O)N2CCC(C(=O)N3CCC(c4nc5ccccc5o4)CC3)CC2)cc1. The molecule has 5 rings (SSSR count). The number of carbonyl (C=O) groups excluding carboxylic acids is 1. The topological polar surface area (TPSA) is 108 Å². The fourth-order valence-electron chi connectivity index (χ4n) is 4.86. The first-order valence-corrected chi connectivity index (χ1v) is 13.0. The Bertz CT molecular complexity index is 1290. The van der Waals surface area contributed by atoms with E-state index in [1.54, 1.807) is 0 Å². The van der Waals surface area contributed by atoms with E-state index in [9.17, 15) is 13.2 Å². The summed E-state index contributed by atoms with van der Waals surface area (Å²) in [6.07, 6.45) is 2.65. The zero-order valence-electron chi connectivity index (χ0n) is 18.8. The molecule has 176 valence electrons. The molecule has 8 nitrogen and oxygen atoms in total. The normalized spacial score (nSPS) is 18.7. The van der Waals surface area contributed by atoms with Crippen molar-refractivity contribution in [3.8, 4) is 6.07 Å². The number of piperidine rings is 2. The van der Waals surface area contributed by atoms with Gasteiger partial charge in [-0.2, -0.15) is 9.57 Å². The standard InChI is InChI=1S/C25H26N4O4S/c26-17-18-5-7-21(8-6-18)34(31,32)29-15-11-20(12-16-29)25(30)28-13-9-19(10-14-28)24-27-22-3-1-2-4-23(22)33-24/h1-8,19-20H,9-16H2. The van der Waals surface area contributed by atoms with Crippen molar-refractivity contribution in [2.75, 3.05) is 26.2 Å². The number of nitriles is 1. The van der Waals surface area contributed by atoms with Gasteiger partial charge in [-0.25, -0.2) is 13.4 Å². The Morgan fingerprint density at radius 1 is 0.971 bits per heavy atom. The van der Waals surface area contributed by atoms with Crippen LogP contribution in [0.15, 0.2) is 57.8 Å². The predicted octanol–water partition coefficient (Wildman–Crippen LogP) is 3.51. The summed E-state index contributed by atoms with van der Waals surface area (Å²) in [7, 11) is -3.63. The van der Waals surface area contributed by atoms with Gasteiger partial charge in [-0.1, -0.05) is 12.1 Å². The van der Waals surface area contributed by atoms with Crippen molar-refractivity contribution in [3.63, 3.8) is 0 Å². The molecule has 0 aliphatic carbocycles. The fraction of sp³-hybridized carbons (Fsp3) is 0.400. The van der Waals surface area contributed by atoms with Crippen molar-refractivity contribution in [1.82, 2.24) is 14.2 Å². The highest BCUT2D eigenvalue weighted by Gasteiger charge is 2.35. The van der Waals surface area contributed by atoms with Gasteiger partial charge in [0.25, 0.3) is 0 Å². The van der Waals surface area contributed by atoms with Crippen LogP contribution in [0.4, 0.5) is 0 Å². The Balaban J connectivity index is 1.16. The molecule has 34 heavy (non-hydrogen) atoms. The van der Waals surface area contributed by atoms with E-state index >= 15 is 0 Å². The van der Waals surface area contributed by atoms with Gasteiger partial charge in [0, 0.05) is 38.0 Å². The van der Waals surface area contributed by atoms with Crippen molar-refractivity contribution in [2.45, 2.75) is 36.5 Å². The molecule has 9 heteroatoms.